The Morgan fingerprint density at radius 2 is 1.12 bits per heavy atom. The molecule has 1 aliphatic rings. The highest BCUT2D eigenvalue weighted by molar-refractivity contribution is 5.59. The number of aromatic amines is 4. The number of H-pyrrole nitrogens is 4. The first kappa shape index (κ1) is 14.7. The van der Waals surface area contributed by atoms with E-state index in [2.05, 4.69) is 93.3 Å². The monoisotopic (exact) mass is 338 g/mol. The Hall–Kier alpha value is -3.66. The molecule has 26 heavy (non-hydrogen) atoms. The van der Waals surface area contributed by atoms with Gasteiger partial charge in [0.15, 0.2) is 0 Å². The summed E-state index contributed by atoms with van der Waals surface area (Å²) < 4.78 is 0. The third-order valence-corrected chi connectivity index (χ3v) is 4.55. The van der Waals surface area contributed by atoms with Crippen LogP contribution < -0.4 is 21.4 Å². The van der Waals surface area contributed by atoms with Crippen LogP contribution in [0.2, 0.25) is 0 Å². The molecule has 8 bridgehead atoms. The molecular formula is C22H18N4. The molecule has 0 radical (unpaired) electrons. The predicted octanol–water partition coefficient (Wildman–Crippen LogP) is 1.27. The van der Waals surface area contributed by atoms with Gasteiger partial charge in [-0.2, -0.15) is 0 Å². The predicted molar refractivity (Wildman–Crippen MR) is 106 cm³/mol. The van der Waals surface area contributed by atoms with Gasteiger partial charge in [-0.1, -0.05) is 12.7 Å². The topological polar surface area (TPSA) is 63.2 Å². The zero-order valence-corrected chi connectivity index (χ0v) is 14.1. The maximum Gasteiger partial charge on any atom is 0.0479 e. The van der Waals surface area contributed by atoms with Gasteiger partial charge in [0.25, 0.3) is 0 Å². The molecule has 0 aliphatic carbocycles. The van der Waals surface area contributed by atoms with Gasteiger partial charge in [0.05, 0.1) is 0 Å². The van der Waals surface area contributed by atoms with E-state index in [-0.39, 0.29) is 0 Å². The van der Waals surface area contributed by atoms with Crippen molar-refractivity contribution in [3.63, 3.8) is 0 Å². The van der Waals surface area contributed by atoms with Crippen molar-refractivity contribution in [2.75, 3.05) is 0 Å². The SMILES string of the molecule is C=Cc1cc2[nH]c1=Cc1ccc([nH]1)C=c1ccc([nH]1)=Cc1ccc([nH]1)C=2. The van der Waals surface area contributed by atoms with Crippen LogP contribution in [0.15, 0.2) is 49.0 Å². The molecule has 0 saturated carbocycles. The van der Waals surface area contributed by atoms with E-state index in [0.717, 1.165) is 49.7 Å². The molecule has 0 amide bonds. The van der Waals surface area contributed by atoms with E-state index in [9.17, 15) is 0 Å². The molecule has 0 aromatic carbocycles. The van der Waals surface area contributed by atoms with Crippen LogP contribution in [0.5, 0.6) is 0 Å². The normalized spacial score (nSPS) is 12.5. The third-order valence-electron chi connectivity index (χ3n) is 4.55. The molecule has 0 unspecified atom stereocenters. The van der Waals surface area contributed by atoms with E-state index < -0.39 is 0 Å². The van der Waals surface area contributed by atoms with Crippen molar-refractivity contribution in [1.82, 2.24) is 19.9 Å². The van der Waals surface area contributed by atoms with Crippen molar-refractivity contribution in [3.05, 3.63) is 98.8 Å². The summed E-state index contributed by atoms with van der Waals surface area (Å²) in [5, 5.41) is 4.19. The number of rotatable bonds is 1. The molecule has 1 aliphatic heterocycles. The summed E-state index contributed by atoms with van der Waals surface area (Å²) in [6.07, 6.45) is 10.3. The van der Waals surface area contributed by atoms with Crippen LogP contribution >= 0.6 is 0 Å². The molecule has 4 N–H and O–H groups in total. The van der Waals surface area contributed by atoms with E-state index in [4.69, 9.17) is 0 Å². The number of aromatic nitrogens is 4. The molecule has 5 heterocycles. The van der Waals surface area contributed by atoms with Crippen LogP contribution in [-0.2, 0) is 0 Å². The summed E-state index contributed by atoms with van der Waals surface area (Å²) in [6, 6.07) is 14.6. The van der Waals surface area contributed by atoms with E-state index in [0.29, 0.717) is 0 Å². The average Bonchev–Trinajstić information content (AvgIpc) is 3.39. The molecule has 0 saturated heterocycles. The first-order valence-corrected chi connectivity index (χ1v) is 8.57. The summed E-state index contributed by atoms with van der Waals surface area (Å²) in [5.74, 6) is 0. The molecule has 5 rings (SSSR count). The Morgan fingerprint density at radius 1 is 0.577 bits per heavy atom. The molecule has 0 spiro atoms. The summed E-state index contributed by atoms with van der Waals surface area (Å²) >= 11 is 0. The van der Waals surface area contributed by atoms with Crippen molar-refractivity contribution in [2.45, 2.75) is 0 Å². The first-order valence-electron chi connectivity index (χ1n) is 8.57. The Morgan fingerprint density at radius 3 is 1.69 bits per heavy atom. The fraction of sp³-hybridized carbons (Fsp3) is 0. The van der Waals surface area contributed by atoms with Gasteiger partial charge in [0.1, 0.15) is 0 Å². The molecule has 4 aromatic rings. The second kappa shape index (κ2) is 5.70. The lowest BCUT2D eigenvalue weighted by atomic mass is 10.2. The summed E-state index contributed by atoms with van der Waals surface area (Å²) in [5.41, 5.74) is 5.28. The van der Waals surface area contributed by atoms with Gasteiger partial charge in [0, 0.05) is 44.2 Å². The van der Waals surface area contributed by atoms with Gasteiger partial charge in [-0.3, -0.25) is 0 Å². The zero-order chi connectivity index (χ0) is 17.5. The van der Waals surface area contributed by atoms with Crippen LogP contribution in [0.3, 0.4) is 0 Å². The number of fused-ring (bicyclic) bond motifs is 8. The summed E-state index contributed by atoms with van der Waals surface area (Å²) in [4.78, 5) is 13.7. The number of nitrogens with one attached hydrogen (secondary N) is 4. The number of hydrogen-bond donors (Lipinski definition) is 4. The van der Waals surface area contributed by atoms with Gasteiger partial charge in [-0.05, 0) is 72.3 Å². The van der Waals surface area contributed by atoms with Crippen molar-refractivity contribution >= 4 is 30.4 Å². The Labute approximate surface area is 149 Å². The Bertz CT molecular complexity index is 1350. The largest absolute Gasteiger partial charge is 0.355 e. The van der Waals surface area contributed by atoms with Crippen molar-refractivity contribution in [3.8, 4) is 0 Å². The number of hydrogen-bond acceptors (Lipinski definition) is 0. The smallest absolute Gasteiger partial charge is 0.0479 e. The average molecular weight is 338 g/mol. The Balaban J connectivity index is 1.82. The summed E-state index contributed by atoms with van der Waals surface area (Å²) in [7, 11) is 0. The zero-order valence-electron chi connectivity index (χ0n) is 14.1. The molecule has 0 fully saturated rings. The van der Waals surface area contributed by atoms with E-state index >= 15 is 0 Å². The van der Waals surface area contributed by atoms with Gasteiger partial charge in [-0.25, -0.2) is 0 Å². The maximum atomic E-state index is 3.93. The highest BCUT2D eigenvalue weighted by atomic mass is 14.8. The molecular weight excluding hydrogens is 320 g/mol. The van der Waals surface area contributed by atoms with Crippen LogP contribution in [0.4, 0.5) is 0 Å². The van der Waals surface area contributed by atoms with E-state index in [1.807, 2.05) is 6.08 Å². The fourth-order valence-electron chi connectivity index (χ4n) is 3.33. The highest BCUT2D eigenvalue weighted by Crippen LogP contribution is 2.05. The van der Waals surface area contributed by atoms with Crippen molar-refractivity contribution in [2.24, 2.45) is 0 Å². The second-order valence-electron chi connectivity index (χ2n) is 6.48. The standard InChI is InChI=1S/C22H18N4/c1-2-14-9-21-12-19-6-5-17(24-19)10-15-3-4-16(23-15)11-18-7-8-20(25-18)13-22(14)26-21/h2-13,23-26H,1H2. The van der Waals surface area contributed by atoms with Gasteiger partial charge < -0.3 is 19.9 Å². The fourth-order valence-corrected chi connectivity index (χ4v) is 3.33. The first-order chi connectivity index (χ1) is 12.7. The summed E-state index contributed by atoms with van der Waals surface area (Å²) in [6.45, 7) is 3.93. The maximum absolute atomic E-state index is 3.93. The van der Waals surface area contributed by atoms with E-state index in [1.165, 1.54) is 0 Å². The lowest BCUT2D eigenvalue weighted by Crippen LogP contribution is -2.11. The minimum Gasteiger partial charge on any atom is -0.355 e. The van der Waals surface area contributed by atoms with Gasteiger partial charge >= 0.3 is 0 Å². The molecule has 126 valence electrons. The van der Waals surface area contributed by atoms with Crippen LogP contribution in [0.1, 0.15) is 28.3 Å². The second-order valence-corrected chi connectivity index (χ2v) is 6.48. The lowest BCUT2D eigenvalue weighted by Gasteiger charge is -1.89. The lowest BCUT2D eigenvalue weighted by molar-refractivity contribution is 1.23. The minimum absolute atomic E-state index is 1.03. The van der Waals surface area contributed by atoms with E-state index in [1.54, 1.807) is 0 Å². The highest BCUT2D eigenvalue weighted by Gasteiger charge is 2.00. The molecule has 4 aromatic heterocycles. The van der Waals surface area contributed by atoms with Gasteiger partial charge in [0.2, 0.25) is 0 Å². The molecule has 4 nitrogen and oxygen atoms in total. The van der Waals surface area contributed by atoms with Crippen LogP contribution in [-0.4, -0.2) is 19.9 Å². The third kappa shape index (κ3) is 2.67. The Kier molecular flexibility index (Phi) is 3.22. The van der Waals surface area contributed by atoms with Crippen molar-refractivity contribution < 1.29 is 0 Å². The van der Waals surface area contributed by atoms with Crippen molar-refractivity contribution in [1.29, 1.82) is 0 Å². The van der Waals surface area contributed by atoms with Crippen LogP contribution in [0, 0.1) is 0 Å². The van der Waals surface area contributed by atoms with Gasteiger partial charge in [-0.15, -0.1) is 0 Å². The molecule has 0 atom stereocenters. The molecule has 4 heteroatoms. The quantitative estimate of drug-likeness (QED) is 0.356. The minimum atomic E-state index is 1.03. The van der Waals surface area contributed by atoms with Crippen LogP contribution in [0.25, 0.3) is 30.4 Å².